The van der Waals surface area contributed by atoms with E-state index in [-0.39, 0.29) is 5.69 Å². The highest BCUT2D eigenvalue weighted by Gasteiger charge is 2.16. The van der Waals surface area contributed by atoms with E-state index in [0.29, 0.717) is 5.92 Å². The lowest BCUT2D eigenvalue weighted by Crippen LogP contribution is -2.17. The zero-order valence-electron chi connectivity index (χ0n) is 12.9. The SMILES string of the molecule is C[C@H]1CCCC/C1=N\Nc1nc(-c2ccc([N+](=O)[O-])cc2)cs1. The number of hydrogen-bond acceptors (Lipinski definition) is 6. The Labute approximate surface area is 138 Å². The van der Waals surface area contributed by atoms with E-state index in [4.69, 9.17) is 0 Å². The molecule has 2 aromatic rings. The Hall–Kier alpha value is -2.28. The maximum Gasteiger partial charge on any atom is 0.269 e. The summed E-state index contributed by atoms with van der Waals surface area (Å²) in [6.07, 6.45) is 4.74. The van der Waals surface area contributed by atoms with Crippen LogP contribution in [0.1, 0.15) is 32.6 Å². The standard InChI is InChI=1S/C16H18N4O2S/c1-11-4-2-3-5-14(11)18-19-16-17-15(10-23-16)12-6-8-13(9-7-12)20(21)22/h6-11H,2-5H2,1H3,(H,17,19)/b18-14+/t11-/m0/s1. The molecule has 3 rings (SSSR count). The van der Waals surface area contributed by atoms with E-state index in [1.807, 2.05) is 5.38 Å². The van der Waals surface area contributed by atoms with Crippen LogP contribution in [0.3, 0.4) is 0 Å². The van der Waals surface area contributed by atoms with Crippen molar-refractivity contribution < 1.29 is 4.92 Å². The largest absolute Gasteiger partial charge is 0.269 e. The van der Waals surface area contributed by atoms with Crippen LogP contribution in [0, 0.1) is 16.0 Å². The summed E-state index contributed by atoms with van der Waals surface area (Å²) < 4.78 is 0. The molecule has 1 aliphatic rings. The summed E-state index contributed by atoms with van der Waals surface area (Å²) in [7, 11) is 0. The number of rotatable bonds is 4. The van der Waals surface area contributed by atoms with Crippen molar-refractivity contribution in [3.63, 3.8) is 0 Å². The lowest BCUT2D eigenvalue weighted by Gasteiger charge is -2.19. The Morgan fingerprint density at radius 1 is 1.35 bits per heavy atom. The number of nitrogens with zero attached hydrogens (tertiary/aromatic N) is 3. The first-order valence-electron chi connectivity index (χ1n) is 7.66. The first-order valence-corrected chi connectivity index (χ1v) is 8.54. The lowest BCUT2D eigenvalue weighted by atomic mass is 9.89. The van der Waals surface area contributed by atoms with Crippen molar-refractivity contribution in [2.75, 3.05) is 5.43 Å². The van der Waals surface area contributed by atoms with Crippen LogP contribution < -0.4 is 5.43 Å². The van der Waals surface area contributed by atoms with Gasteiger partial charge in [0.1, 0.15) is 0 Å². The van der Waals surface area contributed by atoms with Crippen LogP contribution in [0.15, 0.2) is 34.7 Å². The van der Waals surface area contributed by atoms with Gasteiger partial charge in [-0.2, -0.15) is 5.10 Å². The number of hydrogen-bond donors (Lipinski definition) is 1. The maximum atomic E-state index is 10.7. The fourth-order valence-corrected chi connectivity index (χ4v) is 3.33. The predicted octanol–water partition coefficient (Wildman–Crippen LogP) is 4.70. The molecular formula is C16H18N4O2S. The summed E-state index contributed by atoms with van der Waals surface area (Å²) in [6, 6.07) is 6.41. The molecule has 1 saturated carbocycles. The number of nitro groups is 1. The summed E-state index contributed by atoms with van der Waals surface area (Å²) in [6.45, 7) is 2.21. The monoisotopic (exact) mass is 330 g/mol. The van der Waals surface area contributed by atoms with Gasteiger partial charge >= 0.3 is 0 Å². The molecule has 1 atom stereocenters. The van der Waals surface area contributed by atoms with Crippen LogP contribution in [0.4, 0.5) is 10.8 Å². The number of hydrazone groups is 1. The number of aromatic nitrogens is 1. The van der Waals surface area contributed by atoms with E-state index in [2.05, 4.69) is 22.4 Å². The zero-order valence-corrected chi connectivity index (χ0v) is 13.7. The van der Waals surface area contributed by atoms with Crippen molar-refractivity contribution in [2.24, 2.45) is 11.0 Å². The molecule has 0 aliphatic heterocycles. The van der Waals surface area contributed by atoms with E-state index >= 15 is 0 Å². The fraction of sp³-hybridized carbons (Fsp3) is 0.375. The van der Waals surface area contributed by atoms with Crippen LogP contribution in [0.2, 0.25) is 0 Å². The van der Waals surface area contributed by atoms with Gasteiger partial charge in [-0.3, -0.25) is 15.5 Å². The number of nitro benzene ring substituents is 1. The average Bonchev–Trinajstić information content (AvgIpc) is 3.03. The first kappa shape index (κ1) is 15.6. The van der Waals surface area contributed by atoms with Gasteiger partial charge in [0.25, 0.3) is 5.69 Å². The summed E-state index contributed by atoms with van der Waals surface area (Å²) in [5, 5.41) is 17.9. The second-order valence-electron chi connectivity index (χ2n) is 5.70. The molecule has 0 saturated heterocycles. The van der Waals surface area contributed by atoms with E-state index in [1.165, 1.54) is 48.4 Å². The van der Waals surface area contributed by atoms with E-state index in [1.54, 1.807) is 12.1 Å². The predicted molar refractivity (Wildman–Crippen MR) is 92.9 cm³/mol. The molecule has 1 heterocycles. The zero-order chi connectivity index (χ0) is 16.2. The third kappa shape index (κ3) is 3.73. The second-order valence-corrected chi connectivity index (χ2v) is 6.56. The Kier molecular flexibility index (Phi) is 4.66. The third-order valence-electron chi connectivity index (χ3n) is 4.06. The van der Waals surface area contributed by atoms with Crippen molar-refractivity contribution in [3.05, 3.63) is 39.8 Å². The number of benzene rings is 1. The van der Waals surface area contributed by atoms with Crippen LogP contribution in [0.5, 0.6) is 0 Å². The van der Waals surface area contributed by atoms with Crippen LogP contribution in [-0.2, 0) is 0 Å². The molecule has 6 nitrogen and oxygen atoms in total. The average molecular weight is 330 g/mol. The van der Waals surface area contributed by atoms with Gasteiger partial charge in [0.15, 0.2) is 0 Å². The van der Waals surface area contributed by atoms with E-state index < -0.39 is 4.92 Å². The van der Waals surface area contributed by atoms with Gasteiger partial charge < -0.3 is 0 Å². The Balaban J connectivity index is 1.70. The van der Waals surface area contributed by atoms with Crippen molar-refractivity contribution in [1.29, 1.82) is 0 Å². The molecule has 0 unspecified atom stereocenters. The quantitative estimate of drug-likeness (QED) is 0.651. The van der Waals surface area contributed by atoms with Crippen LogP contribution in [-0.4, -0.2) is 15.6 Å². The molecule has 23 heavy (non-hydrogen) atoms. The van der Waals surface area contributed by atoms with Crippen molar-refractivity contribution in [2.45, 2.75) is 32.6 Å². The number of non-ortho nitro benzene ring substituents is 1. The van der Waals surface area contributed by atoms with E-state index in [9.17, 15) is 10.1 Å². The highest BCUT2D eigenvalue weighted by Crippen LogP contribution is 2.27. The number of thiazole rings is 1. The molecule has 1 aromatic heterocycles. The molecule has 7 heteroatoms. The molecular weight excluding hydrogens is 312 g/mol. The van der Waals surface area contributed by atoms with E-state index in [0.717, 1.165) is 22.8 Å². The van der Waals surface area contributed by atoms with Gasteiger partial charge in [0, 0.05) is 28.8 Å². The summed E-state index contributed by atoms with van der Waals surface area (Å²) >= 11 is 1.48. The minimum Gasteiger partial charge on any atom is -0.258 e. The molecule has 120 valence electrons. The van der Waals surface area contributed by atoms with Crippen molar-refractivity contribution in [3.8, 4) is 11.3 Å². The first-order chi connectivity index (χ1) is 11.1. The molecule has 0 amide bonds. The smallest absolute Gasteiger partial charge is 0.258 e. The summed E-state index contributed by atoms with van der Waals surface area (Å²) in [5.41, 5.74) is 6.00. The number of nitrogens with one attached hydrogen (secondary N) is 1. The normalized spacial score (nSPS) is 19.7. The fourth-order valence-electron chi connectivity index (χ4n) is 2.67. The lowest BCUT2D eigenvalue weighted by molar-refractivity contribution is -0.384. The highest BCUT2D eigenvalue weighted by atomic mass is 32.1. The molecule has 0 bridgehead atoms. The minimum absolute atomic E-state index is 0.0833. The van der Waals surface area contributed by atoms with Gasteiger partial charge in [-0.15, -0.1) is 11.3 Å². The number of anilines is 1. The van der Waals surface area contributed by atoms with Crippen molar-refractivity contribution >= 4 is 27.9 Å². The molecule has 1 aromatic carbocycles. The highest BCUT2D eigenvalue weighted by molar-refractivity contribution is 7.14. The Morgan fingerprint density at radius 2 is 2.13 bits per heavy atom. The summed E-state index contributed by atoms with van der Waals surface area (Å²) in [4.78, 5) is 14.8. The van der Waals surface area contributed by atoms with Gasteiger partial charge in [-0.25, -0.2) is 4.98 Å². The second kappa shape index (κ2) is 6.87. The Morgan fingerprint density at radius 3 is 2.83 bits per heavy atom. The summed E-state index contributed by atoms with van der Waals surface area (Å²) in [5.74, 6) is 0.533. The third-order valence-corrected chi connectivity index (χ3v) is 4.81. The molecule has 1 aliphatic carbocycles. The maximum absolute atomic E-state index is 10.7. The van der Waals surface area contributed by atoms with Gasteiger partial charge in [-0.1, -0.05) is 13.3 Å². The minimum atomic E-state index is -0.404. The topological polar surface area (TPSA) is 80.4 Å². The molecule has 1 N–H and O–H groups in total. The molecule has 0 radical (unpaired) electrons. The van der Waals surface area contributed by atoms with Gasteiger partial charge in [-0.05, 0) is 37.3 Å². The molecule has 1 fully saturated rings. The van der Waals surface area contributed by atoms with Crippen LogP contribution >= 0.6 is 11.3 Å². The van der Waals surface area contributed by atoms with Gasteiger partial charge in [0.2, 0.25) is 5.13 Å². The van der Waals surface area contributed by atoms with Crippen LogP contribution in [0.25, 0.3) is 11.3 Å². The van der Waals surface area contributed by atoms with Crippen molar-refractivity contribution in [1.82, 2.24) is 4.98 Å². The Bertz CT molecular complexity index is 724. The molecule has 0 spiro atoms. The van der Waals surface area contributed by atoms with Gasteiger partial charge in [0.05, 0.1) is 10.6 Å².